The average Bonchev–Trinajstić information content (AvgIpc) is 2.48. The Bertz CT molecular complexity index is 597. The van der Waals surface area contributed by atoms with Gasteiger partial charge in [0, 0.05) is 11.8 Å². The third kappa shape index (κ3) is 3.15. The van der Waals surface area contributed by atoms with Gasteiger partial charge in [-0.3, -0.25) is 9.78 Å². The van der Waals surface area contributed by atoms with Crippen LogP contribution in [0.15, 0.2) is 42.6 Å². The van der Waals surface area contributed by atoms with Gasteiger partial charge in [-0.2, -0.15) is 0 Å². The first kappa shape index (κ1) is 14.1. The van der Waals surface area contributed by atoms with Crippen molar-refractivity contribution >= 4 is 5.91 Å². The highest BCUT2D eigenvalue weighted by atomic mass is 16.5. The number of aromatic nitrogens is 1. The number of methoxy groups -OCH3 is 1. The molecule has 4 heteroatoms. The highest BCUT2D eigenvalue weighted by molar-refractivity contribution is 5.92. The van der Waals surface area contributed by atoms with Crippen LogP contribution in [0.1, 0.15) is 34.6 Å². The third-order valence-corrected chi connectivity index (χ3v) is 3.10. The number of amides is 1. The molecule has 1 aromatic carbocycles. The highest BCUT2D eigenvalue weighted by Crippen LogP contribution is 2.26. The second-order valence-corrected chi connectivity index (χ2v) is 4.66. The smallest absolute Gasteiger partial charge is 0.270 e. The SMILES string of the molecule is COc1ccc(C)cc1[C@H](C)NC(=O)c1ccccn1. The van der Waals surface area contributed by atoms with Gasteiger partial charge >= 0.3 is 0 Å². The first-order valence-corrected chi connectivity index (χ1v) is 6.48. The third-order valence-electron chi connectivity index (χ3n) is 3.10. The lowest BCUT2D eigenvalue weighted by molar-refractivity contribution is 0.0934. The lowest BCUT2D eigenvalue weighted by atomic mass is 10.0. The van der Waals surface area contributed by atoms with E-state index in [4.69, 9.17) is 4.74 Å². The summed E-state index contributed by atoms with van der Waals surface area (Å²) in [5.74, 6) is 0.575. The number of pyridine rings is 1. The van der Waals surface area contributed by atoms with E-state index in [2.05, 4.69) is 10.3 Å². The van der Waals surface area contributed by atoms with Crippen molar-refractivity contribution < 1.29 is 9.53 Å². The van der Waals surface area contributed by atoms with Gasteiger partial charge in [0.2, 0.25) is 0 Å². The topological polar surface area (TPSA) is 51.2 Å². The number of carbonyl (C=O) groups is 1. The summed E-state index contributed by atoms with van der Waals surface area (Å²) in [5.41, 5.74) is 2.49. The molecule has 0 unspecified atom stereocenters. The van der Waals surface area contributed by atoms with Crippen LogP contribution in [0.5, 0.6) is 5.75 Å². The molecule has 0 aliphatic heterocycles. The minimum atomic E-state index is -0.193. The van der Waals surface area contributed by atoms with Crippen LogP contribution < -0.4 is 10.1 Å². The number of aryl methyl sites for hydroxylation is 1. The van der Waals surface area contributed by atoms with E-state index >= 15 is 0 Å². The van der Waals surface area contributed by atoms with Crippen molar-refractivity contribution in [3.8, 4) is 5.75 Å². The van der Waals surface area contributed by atoms with Crippen molar-refractivity contribution in [1.82, 2.24) is 10.3 Å². The average molecular weight is 270 g/mol. The maximum atomic E-state index is 12.1. The Labute approximate surface area is 118 Å². The van der Waals surface area contributed by atoms with Crippen LogP contribution >= 0.6 is 0 Å². The lowest BCUT2D eigenvalue weighted by Gasteiger charge is -2.17. The molecule has 1 atom stereocenters. The van der Waals surface area contributed by atoms with Gasteiger partial charge in [-0.05, 0) is 32.0 Å². The van der Waals surface area contributed by atoms with Crippen LogP contribution in [0.3, 0.4) is 0 Å². The van der Waals surface area contributed by atoms with Crippen molar-refractivity contribution in [1.29, 1.82) is 0 Å². The summed E-state index contributed by atoms with van der Waals surface area (Å²) in [5, 5.41) is 2.93. The van der Waals surface area contributed by atoms with Crippen molar-refractivity contribution in [3.63, 3.8) is 0 Å². The van der Waals surface area contributed by atoms with Gasteiger partial charge in [0.05, 0.1) is 13.2 Å². The molecule has 4 nitrogen and oxygen atoms in total. The van der Waals surface area contributed by atoms with Crippen LogP contribution in [0.25, 0.3) is 0 Å². The zero-order chi connectivity index (χ0) is 14.5. The van der Waals surface area contributed by atoms with E-state index < -0.39 is 0 Å². The van der Waals surface area contributed by atoms with Crippen LogP contribution in [0.4, 0.5) is 0 Å². The Morgan fingerprint density at radius 1 is 1.30 bits per heavy atom. The van der Waals surface area contributed by atoms with Crippen LogP contribution in [0.2, 0.25) is 0 Å². The number of rotatable bonds is 4. The Hall–Kier alpha value is -2.36. The lowest BCUT2D eigenvalue weighted by Crippen LogP contribution is -2.27. The number of hydrogen-bond acceptors (Lipinski definition) is 3. The van der Waals surface area contributed by atoms with Crippen molar-refractivity contribution in [2.24, 2.45) is 0 Å². The molecular weight excluding hydrogens is 252 g/mol. The highest BCUT2D eigenvalue weighted by Gasteiger charge is 2.15. The van der Waals surface area contributed by atoms with Crippen LogP contribution in [-0.2, 0) is 0 Å². The Kier molecular flexibility index (Phi) is 4.35. The molecule has 1 heterocycles. The molecule has 0 bridgehead atoms. The monoisotopic (exact) mass is 270 g/mol. The molecule has 1 N–H and O–H groups in total. The molecular formula is C16H18N2O2. The molecule has 0 radical (unpaired) electrons. The molecule has 2 aromatic rings. The quantitative estimate of drug-likeness (QED) is 0.929. The van der Waals surface area contributed by atoms with Gasteiger partial charge < -0.3 is 10.1 Å². The van der Waals surface area contributed by atoms with Crippen molar-refractivity contribution in [3.05, 3.63) is 59.4 Å². The number of benzene rings is 1. The normalized spacial score (nSPS) is 11.8. The summed E-state index contributed by atoms with van der Waals surface area (Å²) in [6, 6.07) is 11.0. The summed E-state index contributed by atoms with van der Waals surface area (Å²) in [7, 11) is 1.63. The molecule has 0 saturated carbocycles. The standard InChI is InChI=1S/C16H18N2O2/c1-11-7-8-15(20-3)13(10-11)12(2)18-16(19)14-6-4-5-9-17-14/h4-10,12H,1-3H3,(H,18,19)/t12-/m0/s1. The molecule has 1 aromatic heterocycles. The minimum absolute atomic E-state index is 0.153. The summed E-state index contributed by atoms with van der Waals surface area (Å²) in [6.07, 6.45) is 1.60. The fraction of sp³-hybridized carbons (Fsp3) is 0.250. The fourth-order valence-electron chi connectivity index (χ4n) is 2.04. The second kappa shape index (κ2) is 6.19. The molecule has 104 valence electrons. The first-order chi connectivity index (χ1) is 9.61. The van der Waals surface area contributed by atoms with E-state index in [0.29, 0.717) is 5.69 Å². The van der Waals surface area contributed by atoms with Gasteiger partial charge in [0.1, 0.15) is 11.4 Å². The summed E-state index contributed by atoms with van der Waals surface area (Å²) in [6.45, 7) is 3.94. The first-order valence-electron chi connectivity index (χ1n) is 6.48. The van der Waals surface area contributed by atoms with Gasteiger partial charge in [-0.1, -0.05) is 23.8 Å². The predicted molar refractivity (Wildman–Crippen MR) is 77.8 cm³/mol. The Morgan fingerprint density at radius 3 is 2.75 bits per heavy atom. The molecule has 1 amide bonds. The maximum absolute atomic E-state index is 12.1. The summed E-state index contributed by atoms with van der Waals surface area (Å²) in [4.78, 5) is 16.1. The molecule has 2 rings (SSSR count). The van der Waals surface area contributed by atoms with Gasteiger partial charge in [0.25, 0.3) is 5.91 Å². The zero-order valence-electron chi connectivity index (χ0n) is 11.9. The Morgan fingerprint density at radius 2 is 2.10 bits per heavy atom. The molecule has 20 heavy (non-hydrogen) atoms. The number of nitrogens with one attached hydrogen (secondary N) is 1. The number of ether oxygens (including phenoxy) is 1. The van der Waals surface area contributed by atoms with Crippen LogP contribution in [-0.4, -0.2) is 18.0 Å². The van der Waals surface area contributed by atoms with E-state index in [0.717, 1.165) is 16.9 Å². The van der Waals surface area contributed by atoms with Gasteiger partial charge in [0.15, 0.2) is 0 Å². The fourth-order valence-corrected chi connectivity index (χ4v) is 2.04. The molecule has 0 aliphatic rings. The maximum Gasteiger partial charge on any atom is 0.270 e. The number of hydrogen-bond donors (Lipinski definition) is 1. The van der Waals surface area contributed by atoms with Gasteiger partial charge in [-0.25, -0.2) is 0 Å². The molecule has 0 spiro atoms. The van der Waals surface area contributed by atoms with Crippen molar-refractivity contribution in [2.45, 2.75) is 19.9 Å². The molecule has 0 fully saturated rings. The predicted octanol–water partition coefficient (Wildman–Crippen LogP) is 2.89. The second-order valence-electron chi connectivity index (χ2n) is 4.66. The largest absolute Gasteiger partial charge is 0.496 e. The molecule has 0 saturated heterocycles. The van der Waals surface area contributed by atoms with Crippen LogP contribution in [0, 0.1) is 6.92 Å². The Balaban J connectivity index is 2.18. The number of nitrogens with zero attached hydrogens (tertiary/aromatic N) is 1. The summed E-state index contributed by atoms with van der Waals surface area (Å²) >= 11 is 0. The van der Waals surface area contributed by atoms with Gasteiger partial charge in [-0.15, -0.1) is 0 Å². The van der Waals surface area contributed by atoms with E-state index in [1.807, 2.05) is 32.0 Å². The minimum Gasteiger partial charge on any atom is -0.496 e. The van der Waals surface area contributed by atoms with E-state index in [1.54, 1.807) is 31.5 Å². The van der Waals surface area contributed by atoms with E-state index in [9.17, 15) is 4.79 Å². The van der Waals surface area contributed by atoms with Crippen molar-refractivity contribution in [2.75, 3.05) is 7.11 Å². The van der Waals surface area contributed by atoms with E-state index in [1.165, 1.54) is 0 Å². The molecule has 0 aliphatic carbocycles. The number of carbonyl (C=O) groups excluding carboxylic acids is 1. The zero-order valence-corrected chi connectivity index (χ0v) is 11.9. The summed E-state index contributed by atoms with van der Waals surface area (Å²) < 4.78 is 5.34. The van der Waals surface area contributed by atoms with E-state index in [-0.39, 0.29) is 11.9 Å².